The Morgan fingerprint density at radius 3 is 0.851 bits per heavy atom. The number of likely N-dealkylation sites (N-methyl/N-ethyl adjacent to an activating group) is 1. The van der Waals surface area contributed by atoms with Crippen LogP contribution in [-0.2, 0) is 32.7 Å². The maximum atomic E-state index is 12.9. The molecule has 10 heteroatoms. The summed E-state index contributed by atoms with van der Waals surface area (Å²) in [7, 11) is 1.20. The van der Waals surface area contributed by atoms with Gasteiger partial charge in [0, 0.05) is 12.8 Å². The molecule has 518 valence electrons. The van der Waals surface area contributed by atoms with E-state index in [1.54, 1.807) is 0 Å². The number of hydrogen-bond acceptors (Lipinski definition) is 8. The predicted molar refractivity (Wildman–Crippen MR) is 375 cm³/mol. The van der Waals surface area contributed by atoms with E-state index in [4.69, 9.17) is 18.5 Å². The Morgan fingerprint density at radius 2 is 0.586 bits per heavy atom. The van der Waals surface area contributed by atoms with Crippen LogP contribution in [0.3, 0.4) is 0 Å². The fourth-order valence-electron chi connectivity index (χ4n) is 12.1. The molecular weight excluding hydrogens is 1100 g/mol. The first kappa shape index (κ1) is 85.8. The van der Waals surface area contributed by atoms with Gasteiger partial charge in [0.05, 0.1) is 27.7 Å². The first-order valence-corrected chi connectivity index (χ1v) is 40.4. The number of ether oxygens (including phenoxy) is 2. The summed E-state index contributed by atoms with van der Waals surface area (Å²) in [5, 5.41) is 0. The molecule has 2 atom stereocenters. The molecule has 9 nitrogen and oxygen atoms in total. The topological polar surface area (TPSA) is 111 Å². The average Bonchev–Trinajstić information content (AvgIpc) is 3.50. The minimum absolute atomic E-state index is 0.0256. The van der Waals surface area contributed by atoms with Crippen LogP contribution in [0.25, 0.3) is 0 Å². The normalized spacial score (nSPS) is 13.0. The average molecular weight is 1250 g/mol. The van der Waals surface area contributed by atoms with Crippen LogP contribution in [0.1, 0.15) is 418 Å². The minimum atomic E-state index is -4.64. The molecule has 0 spiro atoms. The van der Waals surface area contributed by atoms with Crippen LogP contribution in [0.15, 0.2) is 12.2 Å². The van der Waals surface area contributed by atoms with Crippen molar-refractivity contribution >= 4 is 19.8 Å². The van der Waals surface area contributed by atoms with Gasteiger partial charge in [-0.25, -0.2) is 0 Å². The Hall–Kier alpha value is -1.25. The van der Waals surface area contributed by atoms with Crippen molar-refractivity contribution in [2.45, 2.75) is 424 Å². The molecule has 0 heterocycles. The summed E-state index contributed by atoms with van der Waals surface area (Å²) in [6.45, 7) is 4.34. The van der Waals surface area contributed by atoms with Gasteiger partial charge in [-0.05, 0) is 38.5 Å². The molecule has 0 saturated heterocycles. The Kier molecular flexibility index (Phi) is 68.1. The van der Waals surface area contributed by atoms with Crippen LogP contribution in [0, 0.1) is 0 Å². The van der Waals surface area contributed by atoms with E-state index in [2.05, 4.69) is 26.0 Å². The third-order valence-electron chi connectivity index (χ3n) is 18.0. The largest absolute Gasteiger partial charge is 0.756 e. The summed E-state index contributed by atoms with van der Waals surface area (Å²) >= 11 is 0. The highest BCUT2D eigenvalue weighted by Gasteiger charge is 2.22. The number of hydrogen-bond donors (Lipinski definition) is 0. The van der Waals surface area contributed by atoms with Gasteiger partial charge < -0.3 is 27.9 Å². The van der Waals surface area contributed by atoms with Crippen molar-refractivity contribution in [3.63, 3.8) is 0 Å². The molecular formula is C77H152NO8P. The molecule has 0 radical (unpaired) electrons. The predicted octanol–water partition coefficient (Wildman–Crippen LogP) is 24.8. The second-order valence-electron chi connectivity index (χ2n) is 28.1. The lowest BCUT2D eigenvalue weighted by Gasteiger charge is -2.28. The maximum absolute atomic E-state index is 12.9. The number of allylic oxidation sites excluding steroid dienone is 2. The van der Waals surface area contributed by atoms with Crippen LogP contribution in [0.2, 0.25) is 0 Å². The van der Waals surface area contributed by atoms with E-state index in [-0.39, 0.29) is 32.0 Å². The van der Waals surface area contributed by atoms with Gasteiger partial charge in [-0.15, -0.1) is 0 Å². The zero-order chi connectivity index (χ0) is 63.4. The molecule has 0 amide bonds. The van der Waals surface area contributed by atoms with E-state index in [1.165, 1.54) is 353 Å². The lowest BCUT2D eigenvalue weighted by atomic mass is 10.0. The number of phosphoric acid groups is 1. The van der Waals surface area contributed by atoms with Crippen LogP contribution < -0.4 is 4.89 Å². The number of carbonyl (C=O) groups is 2. The SMILES string of the molecule is CCCCCCCCCC/C=C\CCCCCCCCCCCCCCCCCCCCCCCC(=O)OC(COC(=O)CCCCCCCCCCCCCCCCCCCCCCCCCCCCCCCC)COP(=O)([O-])OCC[N+](C)(C)C. The van der Waals surface area contributed by atoms with E-state index in [0.717, 1.165) is 32.1 Å². The van der Waals surface area contributed by atoms with E-state index >= 15 is 0 Å². The number of nitrogens with zero attached hydrogens (tertiary/aromatic N) is 1. The van der Waals surface area contributed by atoms with Crippen molar-refractivity contribution in [1.82, 2.24) is 0 Å². The fraction of sp³-hybridized carbons (Fsp3) is 0.948. The van der Waals surface area contributed by atoms with Gasteiger partial charge in [0.2, 0.25) is 0 Å². The maximum Gasteiger partial charge on any atom is 0.306 e. The van der Waals surface area contributed by atoms with Crippen molar-refractivity contribution < 1.29 is 42.1 Å². The molecule has 87 heavy (non-hydrogen) atoms. The molecule has 2 unspecified atom stereocenters. The Morgan fingerprint density at radius 1 is 0.345 bits per heavy atom. The first-order chi connectivity index (χ1) is 42.5. The molecule has 0 aliphatic heterocycles. The van der Waals surface area contributed by atoms with Crippen molar-refractivity contribution in [3.8, 4) is 0 Å². The number of phosphoric ester groups is 1. The standard InChI is InChI=1S/C77H152NO8P/c1-6-8-10-12-14-16-18-20-22-24-26-28-30-32-34-36-38-39-40-42-44-46-48-50-52-54-56-58-60-62-64-66-68-70-77(80)86-75(74-85-87(81,82)84-72-71-78(3,4)5)73-83-76(79)69-67-65-63-61-59-57-55-53-51-49-47-45-43-41-37-35-33-31-29-27-25-23-21-19-17-15-13-11-9-7-2/h24,26,75H,6-23,25,27-74H2,1-5H3/b26-24-. The van der Waals surface area contributed by atoms with Crippen molar-refractivity contribution in [2.24, 2.45) is 0 Å². The van der Waals surface area contributed by atoms with Gasteiger partial charge in [-0.1, -0.05) is 379 Å². The Labute approximate surface area is 543 Å². The number of unbranched alkanes of at least 4 members (excludes halogenated alkanes) is 58. The van der Waals surface area contributed by atoms with Crippen molar-refractivity contribution in [2.75, 3.05) is 47.5 Å². The molecule has 0 aromatic heterocycles. The van der Waals surface area contributed by atoms with Gasteiger partial charge >= 0.3 is 11.9 Å². The summed E-state index contributed by atoms with van der Waals surface area (Å²) in [6, 6.07) is 0. The van der Waals surface area contributed by atoms with Crippen LogP contribution in [0.5, 0.6) is 0 Å². The van der Waals surface area contributed by atoms with Gasteiger partial charge in [-0.3, -0.25) is 14.2 Å². The van der Waals surface area contributed by atoms with Gasteiger partial charge in [-0.2, -0.15) is 0 Å². The minimum Gasteiger partial charge on any atom is -0.756 e. The highest BCUT2D eigenvalue weighted by atomic mass is 31.2. The number of rotatable bonds is 74. The van der Waals surface area contributed by atoms with Crippen molar-refractivity contribution in [3.05, 3.63) is 12.2 Å². The molecule has 0 bridgehead atoms. The summed E-state index contributed by atoms with van der Waals surface area (Å²) in [5.74, 6) is -0.803. The summed E-state index contributed by atoms with van der Waals surface area (Å²) < 4.78 is 34.4. The molecule has 0 N–H and O–H groups in total. The monoisotopic (exact) mass is 1250 g/mol. The molecule has 0 aliphatic rings. The molecule has 0 aromatic carbocycles. The third kappa shape index (κ3) is 73.7. The zero-order valence-corrected chi connectivity index (χ0v) is 60.2. The smallest absolute Gasteiger partial charge is 0.306 e. The van der Waals surface area contributed by atoms with Gasteiger partial charge in [0.25, 0.3) is 7.82 Å². The number of esters is 2. The third-order valence-corrected chi connectivity index (χ3v) is 19.0. The summed E-state index contributed by atoms with van der Waals surface area (Å²) in [4.78, 5) is 38.1. The second-order valence-corrected chi connectivity index (χ2v) is 29.5. The van der Waals surface area contributed by atoms with Gasteiger partial charge in [0.1, 0.15) is 19.8 Å². The lowest BCUT2D eigenvalue weighted by molar-refractivity contribution is -0.870. The molecule has 0 fully saturated rings. The lowest BCUT2D eigenvalue weighted by Crippen LogP contribution is -2.37. The van der Waals surface area contributed by atoms with Crippen LogP contribution >= 0.6 is 7.82 Å². The van der Waals surface area contributed by atoms with Crippen LogP contribution in [0.4, 0.5) is 0 Å². The Balaban J connectivity index is 3.92. The van der Waals surface area contributed by atoms with Crippen LogP contribution in [-0.4, -0.2) is 70.0 Å². The molecule has 0 saturated carbocycles. The number of carbonyl (C=O) groups excluding carboxylic acids is 2. The van der Waals surface area contributed by atoms with Gasteiger partial charge in [0.15, 0.2) is 6.10 Å². The van der Waals surface area contributed by atoms with E-state index in [1.807, 2.05) is 21.1 Å². The molecule has 0 rings (SSSR count). The molecule has 0 aliphatic carbocycles. The Bertz CT molecular complexity index is 1470. The van der Waals surface area contributed by atoms with E-state index < -0.39 is 26.5 Å². The number of quaternary nitrogens is 1. The highest BCUT2D eigenvalue weighted by molar-refractivity contribution is 7.45. The van der Waals surface area contributed by atoms with E-state index in [0.29, 0.717) is 17.4 Å². The summed E-state index contributed by atoms with van der Waals surface area (Å²) in [6.07, 6.45) is 86.2. The highest BCUT2D eigenvalue weighted by Crippen LogP contribution is 2.38. The second kappa shape index (κ2) is 69.1. The first-order valence-electron chi connectivity index (χ1n) is 38.9. The molecule has 0 aromatic rings. The van der Waals surface area contributed by atoms with Crippen molar-refractivity contribution in [1.29, 1.82) is 0 Å². The quantitative estimate of drug-likeness (QED) is 0.0195. The fourth-order valence-corrected chi connectivity index (χ4v) is 12.8. The van der Waals surface area contributed by atoms with E-state index in [9.17, 15) is 19.0 Å². The summed E-state index contributed by atoms with van der Waals surface area (Å²) in [5.41, 5.74) is 0. The zero-order valence-electron chi connectivity index (χ0n) is 59.3.